The van der Waals surface area contributed by atoms with E-state index in [2.05, 4.69) is 24.5 Å². The third-order valence-corrected chi connectivity index (χ3v) is 4.17. The van der Waals surface area contributed by atoms with E-state index >= 15 is 0 Å². The number of nitrogens with zero attached hydrogens (tertiary/aromatic N) is 1. The lowest BCUT2D eigenvalue weighted by atomic mass is 9.92. The smallest absolute Gasteiger partial charge is 0.325 e. The maximum absolute atomic E-state index is 12.6. The van der Waals surface area contributed by atoms with Gasteiger partial charge in [-0.05, 0) is 50.3 Å². The summed E-state index contributed by atoms with van der Waals surface area (Å²) in [5.74, 6) is -0.296. The number of rotatable bonds is 6. The number of urea groups is 1. The second kappa shape index (κ2) is 7.03. The summed E-state index contributed by atoms with van der Waals surface area (Å²) < 4.78 is 0. The van der Waals surface area contributed by atoms with Gasteiger partial charge in [0.1, 0.15) is 12.1 Å². The molecule has 0 spiro atoms. The molecule has 2 rings (SSSR count). The van der Waals surface area contributed by atoms with Gasteiger partial charge in [0.2, 0.25) is 5.91 Å². The molecule has 0 aliphatic carbocycles. The van der Waals surface area contributed by atoms with Gasteiger partial charge in [-0.15, -0.1) is 0 Å². The molecule has 1 saturated heterocycles. The lowest BCUT2D eigenvalue weighted by molar-refractivity contribution is -0.133. The van der Waals surface area contributed by atoms with E-state index < -0.39 is 17.5 Å². The molecule has 1 aliphatic rings. The molecule has 1 atom stereocenters. The Morgan fingerprint density at radius 3 is 2.67 bits per heavy atom. The molecule has 1 aromatic carbocycles. The first-order valence-corrected chi connectivity index (χ1v) is 8.22. The fourth-order valence-electron chi connectivity index (χ4n) is 2.70. The first-order valence-electron chi connectivity index (χ1n) is 8.22. The maximum atomic E-state index is 12.6. The molecular weight excluding hydrogens is 306 g/mol. The third-order valence-electron chi connectivity index (χ3n) is 4.17. The molecule has 24 heavy (non-hydrogen) atoms. The Morgan fingerprint density at radius 2 is 2.04 bits per heavy atom. The van der Waals surface area contributed by atoms with Gasteiger partial charge in [-0.1, -0.05) is 26.0 Å². The summed E-state index contributed by atoms with van der Waals surface area (Å²) in [6.07, 6.45) is 1.39. The highest BCUT2D eigenvalue weighted by atomic mass is 16.2. The van der Waals surface area contributed by atoms with E-state index in [1.807, 2.05) is 25.1 Å². The van der Waals surface area contributed by atoms with Crippen molar-refractivity contribution in [2.24, 2.45) is 5.92 Å². The van der Waals surface area contributed by atoms with Crippen LogP contribution in [0.25, 0.3) is 0 Å². The van der Waals surface area contributed by atoms with Crippen LogP contribution >= 0.6 is 0 Å². The zero-order valence-corrected chi connectivity index (χ0v) is 14.7. The summed E-state index contributed by atoms with van der Waals surface area (Å²) >= 11 is 0. The van der Waals surface area contributed by atoms with E-state index in [0.29, 0.717) is 18.0 Å². The standard InChI is InChI=1S/C18H25N3O3/c1-12(2)8-9-18(4)16(23)21(17(24)20-18)11-15(22)19-14-7-5-6-13(3)10-14/h5-7,10,12H,8-9,11H2,1-4H3,(H,19,22)(H,20,24). The van der Waals surface area contributed by atoms with Crippen molar-refractivity contribution in [3.05, 3.63) is 29.8 Å². The lowest BCUT2D eigenvalue weighted by Gasteiger charge is -2.22. The third kappa shape index (κ3) is 4.13. The van der Waals surface area contributed by atoms with Crippen LogP contribution < -0.4 is 10.6 Å². The fraction of sp³-hybridized carbons (Fsp3) is 0.500. The van der Waals surface area contributed by atoms with Gasteiger partial charge in [-0.3, -0.25) is 14.5 Å². The highest BCUT2D eigenvalue weighted by molar-refractivity contribution is 6.09. The van der Waals surface area contributed by atoms with Crippen LogP contribution in [0.3, 0.4) is 0 Å². The minimum absolute atomic E-state index is 0.282. The molecule has 1 aliphatic heterocycles. The maximum Gasteiger partial charge on any atom is 0.325 e. The van der Waals surface area contributed by atoms with Gasteiger partial charge in [0, 0.05) is 5.69 Å². The van der Waals surface area contributed by atoms with Gasteiger partial charge in [0.15, 0.2) is 0 Å². The van der Waals surface area contributed by atoms with Crippen LogP contribution in [0.5, 0.6) is 0 Å². The van der Waals surface area contributed by atoms with Crippen molar-refractivity contribution in [1.29, 1.82) is 0 Å². The van der Waals surface area contributed by atoms with Gasteiger partial charge in [-0.2, -0.15) is 0 Å². The van der Waals surface area contributed by atoms with E-state index in [-0.39, 0.29) is 12.5 Å². The Morgan fingerprint density at radius 1 is 1.33 bits per heavy atom. The molecule has 1 unspecified atom stereocenters. The van der Waals surface area contributed by atoms with Crippen molar-refractivity contribution in [3.63, 3.8) is 0 Å². The number of hydrogen-bond donors (Lipinski definition) is 2. The summed E-state index contributed by atoms with van der Waals surface area (Å²) in [5, 5.41) is 5.44. The van der Waals surface area contributed by atoms with Crippen LogP contribution in [-0.2, 0) is 9.59 Å². The first kappa shape index (κ1) is 18.0. The number of hydrogen-bond acceptors (Lipinski definition) is 3. The summed E-state index contributed by atoms with van der Waals surface area (Å²) in [7, 11) is 0. The molecule has 4 amide bonds. The quantitative estimate of drug-likeness (QED) is 0.787. The molecular formula is C18H25N3O3. The number of nitrogens with one attached hydrogen (secondary N) is 2. The predicted molar refractivity (Wildman–Crippen MR) is 92.5 cm³/mol. The second-order valence-corrected chi connectivity index (χ2v) is 7.00. The summed E-state index contributed by atoms with van der Waals surface area (Å²) in [6, 6.07) is 6.85. The molecule has 1 heterocycles. The molecule has 6 heteroatoms. The zero-order chi connectivity index (χ0) is 17.9. The number of benzene rings is 1. The van der Waals surface area contributed by atoms with Gasteiger partial charge < -0.3 is 10.6 Å². The number of carbonyl (C=O) groups is 3. The zero-order valence-electron chi connectivity index (χ0n) is 14.7. The number of amides is 4. The van der Waals surface area contributed by atoms with Crippen LogP contribution in [0.4, 0.5) is 10.5 Å². The molecule has 0 bridgehead atoms. The first-order chi connectivity index (χ1) is 11.2. The molecule has 0 radical (unpaired) electrons. The van der Waals surface area contributed by atoms with Gasteiger partial charge in [0.05, 0.1) is 0 Å². The lowest BCUT2D eigenvalue weighted by Crippen LogP contribution is -2.44. The number of carbonyl (C=O) groups excluding carboxylic acids is 3. The highest BCUT2D eigenvalue weighted by Gasteiger charge is 2.47. The summed E-state index contributed by atoms with van der Waals surface area (Å²) in [5.41, 5.74) is 0.740. The molecule has 130 valence electrons. The topological polar surface area (TPSA) is 78.5 Å². The predicted octanol–water partition coefficient (Wildman–Crippen LogP) is 2.68. The Kier molecular flexibility index (Phi) is 5.26. The van der Waals surface area contributed by atoms with E-state index in [0.717, 1.165) is 16.9 Å². The van der Waals surface area contributed by atoms with Crippen molar-refractivity contribution >= 4 is 23.5 Å². The minimum atomic E-state index is -0.926. The average molecular weight is 331 g/mol. The molecule has 0 aromatic heterocycles. The Bertz CT molecular complexity index is 657. The summed E-state index contributed by atoms with van der Waals surface area (Å²) in [6.45, 7) is 7.49. The Labute approximate surface area is 142 Å². The number of imide groups is 1. The Hall–Kier alpha value is -2.37. The normalized spacial score (nSPS) is 20.5. The Balaban J connectivity index is 2.00. The highest BCUT2D eigenvalue weighted by Crippen LogP contribution is 2.24. The molecule has 0 saturated carbocycles. The van der Waals surface area contributed by atoms with E-state index in [9.17, 15) is 14.4 Å². The van der Waals surface area contributed by atoms with Gasteiger partial charge in [0.25, 0.3) is 5.91 Å². The fourth-order valence-corrected chi connectivity index (χ4v) is 2.70. The largest absolute Gasteiger partial charge is 0.325 e. The van der Waals surface area contributed by atoms with Crippen molar-refractivity contribution in [2.45, 2.75) is 46.1 Å². The minimum Gasteiger partial charge on any atom is -0.325 e. The number of aryl methyl sites for hydroxylation is 1. The second-order valence-electron chi connectivity index (χ2n) is 7.00. The monoisotopic (exact) mass is 331 g/mol. The average Bonchev–Trinajstić information content (AvgIpc) is 2.69. The van der Waals surface area contributed by atoms with Gasteiger partial charge in [-0.25, -0.2) is 4.79 Å². The van der Waals surface area contributed by atoms with Gasteiger partial charge >= 0.3 is 6.03 Å². The van der Waals surface area contributed by atoms with Crippen molar-refractivity contribution in [1.82, 2.24) is 10.2 Å². The van der Waals surface area contributed by atoms with E-state index in [4.69, 9.17) is 0 Å². The molecule has 6 nitrogen and oxygen atoms in total. The SMILES string of the molecule is Cc1cccc(NC(=O)CN2C(=O)NC(C)(CCC(C)C)C2=O)c1. The van der Waals surface area contributed by atoms with Crippen molar-refractivity contribution < 1.29 is 14.4 Å². The van der Waals surface area contributed by atoms with Crippen LogP contribution in [0.1, 0.15) is 39.2 Å². The van der Waals surface area contributed by atoms with Crippen LogP contribution in [0.15, 0.2) is 24.3 Å². The number of anilines is 1. The van der Waals surface area contributed by atoms with Crippen LogP contribution in [0, 0.1) is 12.8 Å². The van der Waals surface area contributed by atoms with Crippen molar-refractivity contribution in [3.8, 4) is 0 Å². The molecule has 2 N–H and O–H groups in total. The summed E-state index contributed by atoms with van der Waals surface area (Å²) in [4.78, 5) is 37.8. The molecule has 1 fully saturated rings. The van der Waals surface area contributed by atoms with Crippen LogP contribution in [0.2, 0.25) is 0 Å². The van der Waals surface area contributed by atoms with Crippen molar-refractivity contribution in [2.75, 3.05) is 11.9 Å². The van der Waals surface area contributed by atoms with E-state index in [1.165, 1.54) is 0 Å². The van der Waals surface area contributed by atoms with Crippen LogP contribution in [-0.4, -0.2) is 34.8 Å². The molecule has 1 aromatic rings. The van der Waals surface area contributed by atoms with E-state index in [1.54, 1.807) is 13.0 Å².